The molecule has 0 aliphatic carbocycles. The van der Waals surface area contributed by atoms with E-state index in [4.69, 9.17) is 4.74 Å². The Kier molecular flexibility index (Phi) is 7.66. The number of hydrogen-bond acceptors (Lipinski definition) is 4. The van der Waals surface area contributed by atoms with Gasteiger partial charge in [-0.3, -0.25) is 9.69 Å². The quantitative estimate of drug-likeness (QED) is 0.512. The first-order valence-electron chi connectivity index (χ1n) is 8.96. The number of carbonyl (C=O) groups is 1. The van der Waals surface area contributed by atoms with Gasteiger partial charge in [0.15, 0.2) is 5.78 Å². The maximum atomic E-state index is 14.2. The van der Waals surface area contributed by atoms with Crippen LogP contribution < -0.4 is 4.74 Å². The highest BCUT2D eigenvalue weighted by Crippen LogP contribution is 2.18. The average Bonchev–Trinajstić information content (AvgIpc) is 2.57. The van der Waals surface area contributed by atoms with Crippen LogP contribution in [-0.4, -0.2) is 62.0 Å². The largest absolute Gasteiger partial charge is 0.493 e. The van der Waals surface area contributed by atoms with Gasteiger partial charge < -0.3 is 9.64 Å². The first-order chi connectivity index (χ1) is 11.6. The van der Waals surface area contributed by atoms with Crippen LogP contribution >= 0.6 is 0 Å². The molecule has 1 aliphatic rings. The van der Waals surface area contributed by atoms with Crippen LogP contribution in [0.3, 0.4) is 0 Å². The van der Waals surface area contributed by atoms with E-state index in [0.717, 1.165) is 39.0 Å². The predicted molar refractivity (Wildman–Crippen MR) is 94.3 cm³/mol. The number of ketones is 1. The van der Waals surface area contributed by atoms with E-state index in [0.29, 0.717) is 12.4 Å². The van der Waals surface area contributed by atoms with E-state index in [1.165, 1.54) is 18.9 Å². The molecule has 0 N–H and O–H groups in total. The molecule has 4 nitrogen and oxygen atoms in total. The smallest absolute Gasteiger partial charge is 0.179 e. The molecule has 1 aliphatic heterocycles. The van der Waals surface area contributed by atoms with Crippen molar-refractivity contribution in [2.45, 2.75) is 32.6 Å². The molecule has 0 atom stereocenters. The molecule has 2 rings (SSSR count). The second-order valence-corrected chi connectivity index (χ2v) is 6.55. The third-order valence-corrected chi connectivity index (χ3v) is 4.47. The Hall–Kier alpha value is -1.46. The Morgan fingerprint density at radius 2 is 1.92 bits per heavy atom. The van der Waals surface area contributed by atoms with E-state index < -0.39 is 5.82 Å². The number of halogens is 1. The van der Waals surface area contributed by atoms with Gasteiger partial charge in [0.05, 0.1) is 18.7 Å². The van der Waals surface area contributed by atoms with Crippen LogP contribution in [0.15, 0.2) is 18.2 Å². The van der Waals surface area contributed by atoms with Gasteiger partial charge in [-0.1, -0.05) is 26.2 Å². The van der Waals surface area contributed by atoms with Crippen LogP contribution in [0.1, 0.15) is 43.0 Å². The summed E-state index contributed by atoms with van der Waals surface area (Å²) in [7, 11) is 2.07. The third-order valence-electron chi connectivity index (χ3n) is 4.47. The van der Waals surface area contributed by atoms with E-state index in [9.17, 15) is 9.18 Å². The minimum atomic E-state index is -0.486. The van der Waals surface area contributed by atoms with Crippen LogP contribution in [0.25, 0.3) is 0 Å². The van der Waals surface area contributed by atoms with Crippen molar-refractivity contribution in [3.63, 3.8) is 0 Å². The zero-order valence-corrected chi connectivity index (χ0v) is 14.9. The minimum absolute atomic E-state index is 0.160. The molecular formula is C19H29FN2O2. The van der Waals surface area contributed by atoms with Gasteiger partial charge >= 0.3 is 0 Å². The number of hydrogen-bond donors (Lipinski definition) is 0. The molecule has 24 heavy (non-hydrogen) atoms. The number of nitrogens with zero attached hydrogens (tertiary/aromatic N) is 2. The number of Topliss-reactive ketones (excluding diaryl/α,β-unsaturated/α-hetero) is 1. The first kappa shape index (κ1) is 18.9. The number of rotatable bonds is 9. The molecule has 0 spiro atoms. The number of ether oxygens (including phenoxy) is 1. The van der Waals surface area contributed by atoms with Crippen molar-refractivity contribution in [3.05, 3.63) is 29.6 Å². The summed E-state index contributed by atoms with van der Waals surface area (Å²) in [6, 6.07) is 4.58. The van der Waals surface area contributed by atoms with Gasteiger partial charge in [0.2, 0.25) is 0 Å². The molecule has 0 bridgehead atoms. The van der Waals surface area contributed by atoms with Crippen molar-refractivity contribution < 1.29 is 13.9 Å². The molecule has 1 aromatic rings. The molecule has 1 fully saturated rings. The van der Waals surface area contributed by atoms with E-state index >= 15 is 0 Å². The Balaban J connectivity index is 1.83. The molecular weight excluding hydrogens is 307 g/mol. The highest BCUT2D eigenvalue weighted by atomic mass is 19.1. The van der Waals surface area contributed by atoms with E-state index in [-0.39, 0.29) is 17.9 Å². The van der Waals surface area contributed by atoms with E-state index in [2.05, 4.69) is 23.8 Å². The lowest BCUT2D eigenvalue weighted by Gasteiger charge is -2.31. The Morgan fingerprint density at radius 1 is 1.17 bits per heavy atom. The summed E-state index contributed by atoms with van der Waals surface area (Å²) in [5.74, 6) is -0.146. The summed E-state index contributed by atoms with van der Waals surface area (Å²) in [6.07, 6.45) is 4.47. The number of likely N-dealkylation sites (N-methyl/N-ethyl adjacent to an activating group) is 1. The van der Waals surface area contributed by atoms with Crippen molar-refractivity contribution in [3.8, 4) is 5.75 Å². The summed E-state index contributed by atoms with van der Waals surface area (Å²) in [4.78, 5) is 16.6. The standard InChI is InChI=1S/C19H29FN2O2/c1-3-4-5-6-13-24-16-7-8-17(18(20)14-16)19(23)15-22-11-9-21(2)10-12-22/h7-8,14H,3-6,9-13,15H2,1-2H3. The molecule has 1 aromatic carbocycles. The number of piperazine rings is 1. The lowest BCUT2D eigenvalue weighted by atomic mass is 10.1. The molecule has 1 heterocycles. The summed E-state index contributed by atoms with van der Waals surface area (Å²) in [5.41, 5.74) is 0.160. The van der Waals surface area contributed by atoms with Gasteiger partial charge in [-0.25, -0.2) is 4.39 Å². The highest BCUT2D eigenvalue weighted by Gasteiger charge is 2.19. The molecule has 134 valence electrons. The highest BCUT2D eigenvalue weighted by molar-refractivity contribution is 5.98. The summed E-state index contributed by atoms with van der Waals surface area (Å²) in [5, 5.41) is 0. The fourth-order valence-electron chi connectivity index (χ4n) is 2.82. The predicted octanol–water partition coefficient (Wildman–Crippen LogP) is 3.21. The molecule has 0 unspecified atom stereocenters. The van der Waals surface area contributed by atoms with Crippen LogP contribution in [0.4, 0.5) is 4.39 Å². The van der Waals surface area contributed by atoms with Gasteiger partial charge in [-0.05, 0) is 25.6 Å². The Bertz CT molecular complexity index is 528. The molecule has 0 radical (unpaired) electrons. The number of carbonyl (C=O) groups excluding carboxylic acids is 1. The van der Waals surface area contributed by atoms with Gasteiger partial charge in [-0.15, -0.1) is 0 Å². The van der Waals surface area contributed by atoms with Gasteiger partial charge in [0.1, 0.15) is 11.6 Å². The number of benzene rings is 1. The zero-order chi connectivity index (χ0) is 17.4. The van der Waals surface area contributed by atoms with Crippen molar-refractivity contribution in [1.82, 2.24) is 9.80 Å². The third kappa shape index (κ3) is 5.87. The van der Waals surface area contributed by atoms with Crippen LogP contribution in [-0.2, 0) is 0 Å². The second kappa shape index (κ2) is 9.74. The zero-order valence-electron chi connectivity index (χ0n) is 14.9. The van der Waals surface area contributed by atoms with Crippen LogP contribution in [0.2, 0.25) is 0 Å². The normalized spacial score (nSPS) is 16.3. The molecule has 0 aromatic heterocycles. The topological polar surface area (TPSA) is 32.8 Å². The van der Waals surface area contributed by atoms with Crippen molar-refractivity contribution in [2.24, 2.45) is 0 Å². The molecule has 0 saturated carbocycles. The Morgan fingerprint density at radius 3 is 2.58 bits per heavy atom. The van der Waals surface area contributed by atoms with Gasteiger partial charge in [0, 0.05) is 32.2 Å². The summed E-state index contributed by atoms with van der Waals surface area (Å²) < 4.78 is 19.8. The van der Waals surface area contributed by atoms with E-state index in [1.807, 2.05) is 0 Å². The SMILES string of the molecule is CCCCCCOc1ccc(C(=O)CN2CCN(C)CC2)c(F)c1. The summed E-state index contributed by atoms with van der Waals surface area (Å²) >= 11 is 0. The fourth-order valence-corrected chi connectivity index (χ4v) is 2.82. The monoisotopic (exact) mass is 336 g/mol. The average molecular weight is 336 g/mol. The molecule has 0 amide bonds. The van der Waals surface area contributed by atoms with Gasteiger partial charge in [0.25, 0.3) is 0 Å². The van der Waals surface area contributed by atoms with Crippen molar-refractivity contribution >= 4 is 5.78 Å². The van der Waals surface area contributed by atoms with Crippen molar-refractivity contribution in [1.29, 1.82) is 0 Å². The fraction of sp³-hybridized carbons (Fsp3) is 0.632. The molecule has 1 saturated heterocycles. The lowest BCUT2D eigenvalue weighted by Crippen LogP contribution is -2.46. The maximum Gasteiger partial charge on any atom is 0.179 e. The summed E-state index contributed by atoms with van der Waals surface area (Å²) in [6.45, 7) is 6.62. The Labute approximate surface area is 144 Å². The number of unbranched alkanes of at least 4 members (excludes halogenated alkanes) is 3. The molecule has 5 heteroatoms. The van der Waals surface area contributed by atoms with Crippen molar-refractivity contribution in [2.75, 3.05) is 46.4 Å². The second-order valence-electron chi connectivity index (χ2n) is 6.55. The first-order valence-corrected chi connectivity index (χ1v) is 8.96. The van der Waals surface area contributed by atoms with Gasteiger partial charge in [-0.2, -0.15) is 0 Å². The minimum Gasteiger partial charge on any atom is -0.493 e. The van der Waals surface area contributed by atoms with Crippen LogP contribution in [0.5, 0.6) is 5.75 Å². The van der Waals surface area contributed by atoms with Crippen LogP contribution in [0, 0.1) is 5.82 Å². The maximum absolute atomic E-state index is 14.2. The van der Waals surface area contributed by atoms with E-state index in [1.54, 1.807) is 12.1 Å². The lowest BCUT2D eigenvalue weighted by molar-refractivity contribution is 0.0872.